The van der Waals surface area contributed by atoms with Crippen LogP contribution in [0.1, 0.15) is 5.69 Å². The van der Waals surface area contributed by atoms with Crippen LogP contribution in [-0.4, -0.2) is 33.0 Å². The van der Waals surface area contributed by atoms with Crippen LogP contribution in [0.3, 0.4) is 0 Å². The number of aromatic nitrogens is 5. The van der Waals surface area contributed by atoms with Crippen molar-refractivity contribution in [2.75, 3.05) is 10.0 Å². The molecule has 3 N–H and O–H groups in total. The normalized spacial score (nSPS) is 11.5. The largest absolute Gasteiger partial charge is 0.308 e. The monoisotopic (exact) mass is 477 g/mol. The second kappa shape index (κ2) is 8.60. The van der Waals surface area contributed by atoms with Gasteiger partial charge in [-0.25, -0.2) is 18.4 Å². The lowest BCUT2D eigenvalue weighted by Crippen LogP contribution is -2.12. The second-order valence-electron chi connectivity index (χ2n) is 7.18. The third kappa shape index (κ3) is 4.69. The maximum absolute atomic E-state index is 12.5. The van der Waals surface area contributed by atoms with Crippen LogP contribution in [0.25, 0.3) is 5.65 Å². The Balaban J connectivity index is 1.35. The van der Waals surface area contributed by atoms with E-state index in [2.05, 4.69) is 25.2 Å². The summed E-state index contributed by atoms with van der Waals surface area (Å²) >= 11 is 1.45. The summed E-state index contributed by atoms with van der Waals surface area (Å²) in [6.45, 7) is 1.92. The molecule has 5 aromatic rings. The van der Waals surface area contributed by atoms with E-state index in [4.69, 9.17) is 4.98 Å². The maximum atomic E-state index is 12.5. The highest BCUT2D eigenvalue weighted by Gasteiger charge is 2.14. The van der Waals surface area contributed by atoms with E-state index < -0.39 is 10.0 Å². The van der Waals surface area contributed by atoms with Gasteiger partial charge in [0.05, 0.1) is 4.90 Å². The minimum Gasteiger partial charge on any atom is -0.308 e. The standard InChI is InChI=1S/C22H19N7O2S2/c1-15-13-19(27-26-15)24-22-25-21(14-20-23-11-12-29(20)22)32-17-9-7-16(8-10-17)28-33(30,31)18-5-3-2-4-6-18/h2-14,28H,1H3,(H2,24,25,26,27). The molecule has 3 heterocycles. The number of aryl methyl sites for hydroxylation is 1. The molecule has 5 rings (SSSR count). The number of aromatic amines is 1. The highest BCUT2D eigenvalue weighted by molar-refractivity contribution is 7.99. The van der Waals surface area contributed by atoms with E-state index in [1.807, 2.05) is 41.8 Å². The molecule has 0 bridgehead atoms. The molecule has 33 heavy (non-hydrogen) atoms. The molecule has 2 aromatic carbocycles. The van der Waals surface area contributed by atoms with E-state index in [-0.39, 0.29) is 4.90 Å². The summed E-state index contributed by atoms with van der Waals surface area (Å²) in [6, 6.07) is 19.2. The Labute approximate surface area is 194 Å². The number of benzene rings is 2. The molecule has 0 saturated heterocycles. The summed E-state index contributed by atoms with van der Waals surface area (Å²) in [6.07, 6.45) is 3.53. The summed E-state index contributed by atoms with van der Waals surface area (Å²) in [4.78, 5) is 10.2. The molecule has 3 aromatic heterocycles. The minimum atomic E-state index is -3.63. The zero-order chi connectivity index (χ0) is 22.8. The Bertz CT molecular complexity index is 1510. The molecule has 0 aliphatic rings. The van der Waals surface area contributed by atoms with E-state index in [9.17, 15) is 8.42 Å². The van der Waals surface area contributed by atoms with Crippen molar-refractivity contribution in [1.29, 1.82) is 0 Å². The second-order valence-corrected chi connectivity index (χ2v) is 9.96. The van der Waals surface area contributed by atoms with Gasteiger partial charge in [-0.05, 0) is 43.3 Å². The number of nitrogens with zero attached hydrogens (tertiary/aromatic N) is 4. The number of rotatable bonds is 7. The molecule has 0 saturated carbocycles. The van der Waals surface area contributed by atoms with Gasteiger partial charge in [0.25, 0.3) is 10.0 Å². The zero-order valence-corrected chi connectivity index (χ0v) is 19.1. The number of nitrogens with one attached hydrogen (secondary N) is 3. The van der Waals surface area contributed by atoms with Gasteiger partial charge in [-0.1, -0.05) is 30.0 Å². The molecular formula is C22H19N7O2S2. The average molecular weight is 478 g/mol. The maximum Gasteiger partial charge on any atom is 0.261 e. The topological polar surface area (TPSA) is 117 Å². The molecule has 0 aliphatic heterocycles. The molecule has 0 aliphatic carbocycles. The van der Waals surface area contributed by atoms with Crippen molar-refractivity contribution in [3.05, 3.63) is 84.8 Å². The van der Waals surface area contributed by atoms with Crippen LogP contribution in [0.4, 0.5) is 17.5 Å². The van der Waals surface area contributed by atoms with E-state index in [0.29, 0.717) is 17.5 Å². The number of fused-ring (bicyclic) bond motifs is 1. The van der Waals surface area contributed by atoms with Gasteiger partial charge >= 0.3 is 0 Å². The SMILES string of the molecule is Cc1cc(Nc2nc(Sc3ccc(NS(=O)(=O)c4ccccc4)cc3)cc3nccn23)n[nH]1. The molecule has 0 fully saturated rings. The highest BCUT2D eigenvalue weighted by atomic mass is 32.2. The average Bonchev–Trinajstić information content (AvgIpc) is 3.44. The smallest absolute Gasteiger partial charge is 0.261 e. The molecule has 0 amide bonds. The first kappa shape index (κ1) is 21.0. The van der Waals surface area contributed by atoms with Gasteiger partial charge in [-0.15, -0.1) is 0 Å². The van der Waals surface area contributed by atoms with Gasteiger partial charge < -0.3 is 5.32 Å². The van der Waals surface area contributed by atoms with Crippen LogP contribution in [0.5, 0.6) is 0 Å². The van der Waals surface area contributed by atoms with Crippen molar-refractivity contribution in [2.24, 2.45) is 0 Å². The van der Waals surface area contributed by atoms with Crippen molar-refractivity contribution in [3.63, 3.8) is 0 Å². The van der Waals surface area contributed by atoms with Gasteiger partial charge in [0, 0.05) is 40.8 Å². The van der Waals surface area contributed by atoms with Crippen LogP contribution >= 0.6 is 11.8 Å². The summed E-state index contributed by atoms with van der Waals surface area (Å²) in [5.41, 5.74) is 2.17. The number of hydrogen-bond donors (Lipinski definition) is 3. The van der Waals surface area contributed by atoms with Crippen molar-refractivity contribution in [1.82, 2.24) is 24.6 Å². The van der Waals surface area contributed by atoms with Gasteiger partial charge in [0.2, 0.25) is 5.95 Å². The Hall–Kier alpha value is -3.83. The quantitative estimate of drug-likeness (QED) is 0.296. The van der Waals surface area contributed by atoms with Crippen LogP contribution in [0.15, 0.2) is 93.9 Å². The van der Waals surface area contributed by atoms with E-state index in [1.165, 1.54) is 11.8 Å². The third-order valence-electron chi connectivity index (χ3n) is 4.69. The number of imidazole rings is 1. The first-order valence-corrected chi connectivity index (χ1v) is 12.3. The predicted molar refractivity (Wildman–Crippen MR) is 127 cm³/mol. The highest BCUT2D eigenvalue weighted by Crippen LogP contribution is 2.30. The third-order valence-corrected chi connectivity index (χ3v) is 7.02. The number of H-pyrrole nitrogens is 1. The summed E-state index contributed by atoms with van der Waals surface area (Å²) in [5.74, 6) is 1.25. The summed E-state index contributed by atoms with van der Waals surface area (Å²) in [7, 11) is -3.63. The number of hydrogen-bond acceptors (Lipinski definition) is 7. The van der Waals surface area contributed by atoms with E-state index in [1.54, 1.807) is 48.7 Å². The van der Waals surface area contributed by atoms with E-state index >= 15 is 0 Å². The fourth-order valence-corrected chi connectivity index (χ4v) is 5.05. The minimum absolute atomic E-state index is 0.216. The molecule has 0 unspecified atom stereocenters. The van der Waals surface area contributed by atoms with Crippen molar-refractivity contribution >= 4 is 44.9 Å². The Morgan fingerprint density at radius 1 is 1.03 bits per heavy atom. The van der Waals surface area contributed by atoms with Crippen molar-refractivity contribution in [2.45, 2.75) is 21.7 Å². The van der Waals surface area contributed by atoms with Gasteiger partial charge in [0.15, 0.2) is 5.82 Å². The Kier molecular flexibility index (Phi) is 5.48. The number of anilines is 3. The Morgan fingerprint density at radius 2 is 1.82 bits per heavy atom. The lowest BCUT2D eigenvalue weighted by Gasteiger charge is -2.10. The van der Waals surface area contributed by atoms with Crippen molar-refractivity contribution < 1.29 is 8.42 Å². The van der Waals surface area contributed by atoms with Crippen LogP contribution in [0.2, 0.25) is 0 Å². The van der Waals surface area contributed by atoms with Gasteiger partial charge in [-0.3, -0.25) is 14.2 Å². The molecule has 9 nitrogen and oxygen atoms in total. The van der Waals surface area contributed by atoms with Crippen LogP contribution in [-0.2, 0) is 10.0 Å². The predicted octanol–water partition coefficient (Wildman–Crippen LogP) is 4.46. The van der Waals surface area contributed by atoms with Crippen LogP contribution in [0, 0.1) is 6.92 Å². The van der Waals surface area contributed by atoms with Crippen LogP contribution < -0.4 is 10.0 Å². The van der Waals surface area contributed by atoms with Gasteiger partial charge in [0.1, 0.15) is 10.7 Å². The molecule has 0 radical (unpaired) electrons. The summed E-state index contributed by atoms with van der Waals surface area (Å²) in [5, 5.41) is 11.0. The fourth-order valence-electron chi connectivity index (χ4n) is 3.16. The fraction of sp³-hybridized carbons (Fsp3) is 0.0455. The molecule has 0 spiro atoms. The lowest BCUT2D eigenvalue weighted by molar-refractivity contribution is 0.601. The zero-order valence-electron chi connectivity index (χ0n) is 17.4. The van der Waals surface area contributed by atoms with Gasteiger partial charge in [-0.2, -0.15) is 5.10 Å². The molecule has 166 valence electrons. The Morgan fingerprint density at radius 3 is 2.55 bits per heavy atom. The number of sulfonamides is 1. The molecule has 0 atom stereocenters. The van der Waals surface area contributed by atoms with Crippen molar-refractivity contribution in [3.8, 4) is 0 Å². The lowest BCUT2D eigenvalue weighted by atomic mass is 10.3. The summed E-state index contributed by atoms with van der Waals surface area (Å²) < 4.78 is 29.5. The van der Waals surface area contributed by atoms with E-state index in [0.717, 1.165) is 21.3 Å². The molecular weight excluding hydrogens is 458 g/mol. The first-order valence-electron chi connectivity index (χ1n) is 9.95. The molecule has 11 heteroatoms. The first-order chi connectivity index (χ1) is 16.0.